The van der Waals surface area contributed by atoms with Crippen molar-refractivity contribution in [2.24, 2.45) is 4.99 Å². The minimum atomic E-state index is -0.461. The van der Waals surface area contributed by atoms with Crippen LogP contribution in [0, 0.1) is 0 Å². The third kappa shape index (κ3) is 2.30. The third-order valence-electron chi connectivity index (χ3n) is 2.29. The molecule has 1 heterocycles. The lowest BCUT2D eigenvalue weighted by atomic mass is 10.1. The Kier molecular flexibility index (Phi) is 3.14. The van der Waals surface area contributed by atoms with Crippen LogP contribution in [0.25, 0.3) is 11.0 Å². The average molecular weight is 231 g/mol. The highest BCUT2D eigenvalue weighted by Gasteiger charge is 2.06. The van der Waals surface area contributed by atoms with Crippen molar-refractivity contribution in [1.82, 2.24) is 0 Å². The minimum Gasteiger partial charge on any atom is -0.423 e. The molecule has 0 aliphatic heterocycles. The molecule has 1 aromatic heterocycles. The van der Waals surface area contributed by atoms with Gasteiger partial charge < -0.3 is 9.15 Å². The van der Waals surface area contributed by atoms with Crippen molar-refractivity contribution in [3.8, 4) is 0 Å². The molecule has 5 heteroatoms. The maximum atomic E-state index is 11.3. The summed E-state index contributed by atoms with van der Waals surface area (Å²) in [5.74, 6) is 0. The summed E-state index contributed by atoms with van der Waals surface area (Å²) in [6, 6.07) is 6.27. The van der Waals surface area contributed by atoms with Gasteiger partial charge in [-0.1, -0.05) is 0 Å². The Hall–Kier alpha value is -2.23. The Morgan fingerprint density at radius 1 is 1.41 bits per heavy atom. The molecule has 0 aliphatic carbocycles. The van der Waals surface area contributed by atoms with Crippen molar-refractivity contribution in [3.05, 3.63) is 40.2 Å². The van der Waals surface area contributed by atoms with Gasteiger partial charge in [0.05, 0.1) is 12.3 Å². The summed E-state index contributed by atoms with van der Waals surface area (Å²) in [7, 11) is 1.55. The Bertz CT molecular complexity index is 653. The number of benzene rings is 1. The molecule has 0 saturated heterocycles. The lowest BCUT2D eigenvalue weighted by Gasteiger charge is -2.04. The lowest BCUT2D eigenvalue weighted by molar-refractivity contribution is 0.185. The third-order valence-corrected chi connectivity index (χ3v) is 2.29. The molecule has 5 nitrogen and oxygen atoms in total. The monoisotopic (exact) mass is 231 g/mol. The standard InChI is InChI=1S/C12H9NO4/c1-16-6-8-4-12(15)17-11-5-9(13-7-14)2-3-10(8)11/h2-5H,6H2,1H3. The van der Waals surface area contributed by atoms with E-state index in [2.05, 4.69) is 4.99 Å². The maximum Gasteiger partial charge on any atom is 0.336 e. The molecule has 17 heavy (non-hydrogen) atoms. The molecule has 0 radical (unpaired) electrons. The summed E-state index contributed by atoms with van der Waals surface area (Å²) >= 11 is 0. The van der Waals surface area contributed by atoms with E-state index in [1.54, 1.807) is 19.2 Å². The van der Waals surface area contributed by atoms with Gasteiger partial charge in [0.1, 0.15) is 5.58 Å². The van der Waals surface area contributed by atoms with Crippen LogP contribution in [-0.2, 0) is 16.1 Å². The highest BCUT2D eigenvalue weighted by Crippen LogP contribution is 2.22. The summed E-state index contributed by atoms with van der Waals surface area (Å²) < 4.78 is 10.0. The molecular formula is C12H9NO4. The zero-order chi connectivity index (χ0) is 12.3. The predicted molar refractivity (Wildman–Crippen MR) is 61.0 cm³/mol. The van der Waals surface area contributed by atoms with Crippen molar-refractivity contribution in [2.75, 3.05) is 7.11 Å². The van der Waals surface area contributed by atoms with Crippen LogP contribution in [0.5, 0.6) is 0 Å². The predicted octanol–water partition coefficient (Wildman–Crippen LogP) is 1.91. The van der Waals surface area contributed by atoms with Gasteiger partial charge in [-0.15, -0.1) is 0 Å². The molecular weight excluding hydrogens is 222 g/mol. The van der Waals surface area contributed by atoms with Gasteiger partial charge in [-0.2, -0.15) is 4.99 Å². The first kappa shape index (κ1) is 11.3. The Morgan fingerprint density at radius 2 is 2.24 bits per heavy atom. The Morgan fingerprint density at radius 3 is 2.94 bits per heavy atom. The molecule has 0 fully saturated rings. The Balaban J connectivity index is 2.70. The molecule has 0 unspecified atom stereocenters. The van der Waals surface area contributed by atoms with Gasteiger partial charge in [-0.3, -0.25) is 0 Å². The number of aliphatic imine (C=N–C) groups is 1. The van der Waals surface area contributed by atoms with Gasteiger partial charge in [-0.25, -0.2) is 9.59 Å². The summed E-state index contributed by atoms with van der Waals surface area (Å²) in [5.41, 5.74) is 1.04. The fraction of sp³-hybridized carbons (Fsp3) is 0.167. The second kappa shape index (κ2) is 4.74. The fourth-order valence-corrected chi connectivity index (χ4v) is 1.62. The number of hydrogen-bond acceptors (Lipinski definition) is 5. The van der Waals surface area contributed by atoms with E-state index in [0.717, 1.165) is 10.9 Å². The zero-order valence-corrected chi connectivity index (χ0v) is 9.10. The first-order chi connectivity index (χ1) is 8.24. The second-order valence-corrected chi connectivity index (χ2v) is 3.41. The molecule has 0 saturated carbocycles. The molecule has 0 atom stereocenters. The first-order valence-corrected chi connectivity index (χ1v) is 4.88. The topological polar surface area (TPSA) is 68.9 Å². The van der Waals surface area contributed by atoms with Crippen LogP contribution in [0.2, 0.25) is 0 Å². The van der Waals surface area contributed by atoms with E-state index in [1.807, 2.05) is 0 Å². The van der Waals surface area contributed by atoms with E-state index in [9.17, 15) is 9.59 Å². The highest BCUT2D eigenvalue weighted by molar-refractivity contribution is 5.83. The van der Waals surface area contributed by atoms with Crippen molar-refractivity contribution in [3.63, 3.8) is 0 Å². The van der Waals surface area contributed by atoms with E-state index in [0.29, 0.717) is 17.9 Å². The van der Waals surface area contributed by atoms with Gasteiger partial charge in [0, 0.05) is 24.6 Å². The summed E-state index contributed by atoms with van der Waals surface area (Å²) in [6.45, 7) is 0.318. The molecule has 2 aromatic rings. The number of ether oxygens (including phenoxy) is 1. The second-order valence-electron chi connectivity index (χ2n) is 3.41. The van der Waals surface area contributed by atoms with Gasteiger partial charge in [0.2, 0.25) is 6.08 Å². The van der Waals surface area contributed by atoms with Crippen molar-refractivity contribution in [2.45, 2.75) is 6.61 Å². The summed E-state index contributed by atoms with van der Waals surface area (Å²) in [4.78, 5) is 24.9. The summed E-state index contributed by atoms with van der Waals surface area (Å²) in [5, 5.41) is 0.760. The SMILES string of the molecule is COCc1cc(=O)oc2cc(N=C=O)ccc12. The number of methoxy groups -OCH3 is 1. The van der Waals surface area contributed by atoms with Crippen LogP contribution in [0.1, 0.15) is 5.56 Å². The molecule has 0 spiro atoms. The van der Waals surface area contributed by atoms with Crippen LogP contribution >= 0.6 is 0 Å². The molecule has 0 aliphatic rings. The maximum absolute atomic E-state index is 11.3. The van der Waals surface area contributed by atoms with Crippen molar-refractivity contribution in [1.29, 1.82) is 0 Å². The van der Waals surface area contributed by atoms with Crippen molar-refractivity contribution < 1.29 is 13.9 Å². The van der Waals surface area contributed by atoms with Crippen LogP contribution in [0.4, 0.5) is 5.69 Å². The number of fused-ring (bicyclic) bond motifs is 1. The average Bonchev–Trinajstić information content (AvgIpc) is 2.29. The van der Waals surface area contributed by atoms with Crippen molar-refractivity contribution >= 4 is 22.7 Å². The number of rotatable bonds is 3. The molecule has 0 N–H and O–H groups in total. The van der Waals surface area contributed by atoms with Crippen LogP contribution in [-0.4, -0.2) is 13.2 Å². The van der Waals surface area contributed by atoms with Gasteiger partial charge in [0.15, 0.2) is 0 Å². The quantitative estimate of drug-likeness (QED) is 0.459. The van der Waals surface area contributed by atoms with Gasteiger partial charge in [0.25, 0.3) is 0 Å². The van der Waals surface area contributed by atoms with E-state index >= 15 is 0 Å². The lowest BCUT2D eigenvalue weighted by Crippen LogP contribution is -2.01. The van der Waals surface area contributed by atoms with Gasteiger partial charge in [-0.05, 0) is 17.7 Å². The normalized spacial score (nSPS) is 10.2. The molecule has 0 bridgehead atoms. The zero-order valence-electron chi connectivity index (χ0n) is 9.10. The van der Waals surface area contributed by atoms with E-state index < -0.39 is 5.63 Å². The largest absolute Gasteiger partial charge is 0.423 e. The molecule has 86 valence electrons. The first-order valence-electron chi connectivity index (χ1n) is 4.88. The van der Waals surface area contributed by atoms with Crippen LogP contribution in [0.15, 0.2) is 38.5 Å². The fourth-order valence-electron chi connectivity index (χ4n) is 1.62. The number of nitrogens with zero attached hydrogens (tertiary/aromatic N) is 1. The number of isocyanates is 1. The van der Waals surface area contributed by atoms with Crippen LogP contribution < -0.4 is 5.63 Å². The van der Waals surface area contributed by atoms with E-state index in [4.69, 9.17) is 9.15 Å². The van der Waals surface area contributed by atoms with E-state index in [1.165, 1.54) is 18.2 Å². The number of hydrogen-bond donors (Lipinski definition) is 0. The number of carbonyl (C=O) groups excluding carboxylic acids is 1. The van der Waals surface area contributed by atoms with E-state index in [-0.39, 0.29) is 0 Å². The molecule has 1 aromatic carbocycles. The van der Waals surface area contributed by atoms with Crippen LogP contribution in [0.3, 0.4) is 0 Å². The smallest absolute Gasteiger partial charge is 0.336 e. The molecule has 0 amide bonds. The molecule has 2 rings (SSSR count). The highest BCUT2D eigenvalue weighted by atomic mass is 16.5. The summed E-state index contributed by atoms with van der Waals surface area (Å²) in [6.07, 6.45) is 1.43. The Labute approximate surface area is 96.3 Å². The van der Waals surface area contributed by atoms with Gasteiger partial charge >= 0.3 is 5.63 Å². The minimum absolute atomic E-state index is 0.318.